The van der Waals surface area contributed by atoms with Crippen molar-refractivity contribution in [2.24, 2.45) is 5.16 Å². The van der Waals surface area contributed by atoms with Crippen molar-refractivity contribution in [1.82, 2.24) is 0 Å². The first-order valence-electron chi connectivity index (χ1n) is 8.04. The van der Waals surface area contributed by atoms with Gasteiger partial charge in [0.1, 0.15) is 5.75 Å². The molecular weight excluding hydrogens is 342 g/mol. The number of halogens is 2. The number of alkyl halides is 2. The number of hydrogen-bond donors (Lipinski definition) is 1. The standard InChI is InChI=1S/C19H20F2N2O3/c1-13(2)15-9-7-14(8-10-15)11-22-25-12-18(24)23-16-5-3-4-6-17(16)26-19(20)21/h3-11,13,19H,12H2,1-2H3,(H,23,24)/b22-11-. The molecule has 0 aromatic heterocycles. The summed E-state index contributed by atoms with van der Waals surface area (Å²) in [6, 6.07) is 13.7. The Bertz CT molecular complexity index is 747. The van der Waals surface area contributed by atoms with E-state index in [0.717, 1.165) is 5.56 Å². The van der Waals surface area contributed by atoms with Crippen LogP contribution in [0.5, 0.6) is 5.75 Å². The molecule has 0 saturated heterocycles. The lowest BCUT2D eigenvalue weighted by Gasteiger charge is -2.11. The van der Waals surface area contributed by atoms with Gasteiger partial charge in [0.2, 0.25) is 0 Å². The van der Waals surface area contributed by atoms with Crippen molar-refractivity contribution in [2.75, 3.05) is 11.9 Å². The minimum atomic E-state index is -2.98. The molecule has 0 unspecified atom stereocenters. The number of carbonyl (C=O) groups excluding carboxylic acids is 1. The van der Waals surface area contributed by atoms with Gasteiger partial charge in [-0.25, -0.2) is 0 Å². The Morgan fingerprint density at radius 1 is 1.15 bits per heavy atom. The lowest BCUT2D eigenvalue weighted by molar-refractivity contribution is -0.120. The Morgan fingerprint density at radius 2 is 1.85 bits per heavy atom. The topological polar surface area (TPSA) is 59.9 Å². The number of carbonyl (C=O) groups is 1. The average molecular weight is 362 g/mol. The van der Waals surface area contributed by atoms with E-state index in [4.69, 9.17) is 4.84 Å². The van der Waals surface area contributed by atoms with Crippen molar-refractivity contribution in [3.63, 3.8) is 0 Å². The van der Waals surface area contributed by atoms with Crippen LogP contribution in [0.15, 0.2) is 53.7 Å². The average Bonchev–Trinajstić information content (AvgIpc) is 2.60. The summed E-state index contributed by atoms with van der Waals surface area (Å²) in [5.74, 6) is -0.218. The van der Waals surface area contributed by atoms with Crippen LogP contribution in [0.4, 0.5) is 14.5 Å². The van der Waals surface area contributed by atoms with Crippen molar-refractivity contribution in [1.29, 1.82) is 0 Å². The Labute approximate surface area is 150 Å². The van der Waals surface area contributed by atoms with E-state index < -0.39 is 12.5 Å². The first-order chi connectivity index (χ1) is 12.5. The molecule has 138 valence electrons. The van der Waals surface area contributed by atoms with E-state index in [1.54, 1.807) is 6.07 Å². The quantitative estimate of drug-likeness (QED) is 0.559. The van der Waals surface area contributed by atoms with Crippen molar-refractivity contribution in [2.45, 2.75) is 26.4 Å². The summed E-state index contributed by atoms with van der Waals surface area (Å²) in [5, 5.41) is 6.17. The van der Waals surface area contributed by atoms with Crippen LogP contribution in [0.1, 0.15) is 30.9 Å². The van der Waals surface area contributed by atoms with Crippen LogP contribution < -0.4 is 10.1 Å². The minimum Gasteiger partial charge on any atom is -0.433 e. The van der Waals surface area contributed by atoms with Crippen LogP contribution in [-0.2, 0) is 9.63 Å². The van der Waals surface area contributed by atoms with E-state index in [-0.39, 0.29) is 18.0 Å². The lowest BCUT2D eigenvalue weighted by atomic mass is 10.0. The number of hydrogen-bond acceptors (Lipinski definition) is 4. The molecule has 0 aliphatic carbocycles. The number of para-hydroxylation sites is 2. The zero-order valence-corrected chi connectivity index (χ0v) is 14.5. The molecule has 0 radical (unpaired) electrons. The number of nitrogens with zero attached hydrogens (tertiary/aromatic N) is 1. The van der Waals surface area contributed by atoms with Crippen LogP contribution in [0.3, 0.4) is 0 Å². The lowest BCUT2D eigenvalue weighted by Crippen LogP contribution is -2.18. The maximum Gasteiger partial charge on any atom is 0.387 e. The summed E-state index contributed by atoms with van der Waals surface area (Å²) in [5.41, 5.74) is 2.19. The van der Waals surface area contributed by atoms with Crippen LogP contribution in [0.25, 0.3) is 0 Å². The van der Waals surface area contributed by atoms with Gasteiger partial charge < -0.3 is 14.9 Å². The highest BCUT2D eigenvalue weighted by molar-refractivity contribution is 5.93. The molecule has 5 nitrogen and oxygen atoms in total. The van der Waals surface area contributed by atoms with Gasteiger partial charge in [-0.15, -0.1) is 0 Å². The molecule has 0 heterocycles. The number of benzene rings is 2. The van der Waals surface area contributed by atoms with Gasteiger partial charge in [0.15, 0.2) is 6.61 Å². The van der Waals surface area contributed by atoms with Gasteiger partial charge in [-0.05, 0) is 29.2 Å². The third-order valence-corrected chi connectivity index (χ3v) is 3.45. The molecule has 0 saturated carbocycles. The fourth-order valence-electron chi connectivity index (χ4n) is 2.12. The number of anilines is 1. The Hall–Kier alpha value is -2.96. The molecular formula is C19H20F2N2O3. The van der Waals surface area contributed by atoms with E-state index in [0.29, 0.717) is 5.92 Å². The third kappa shape index (κ3) is 6.16. The van der Waals surface area contributed by atoms with E-state index in [9.17, 15) is 13.6 Å². The summed E-state index contributed by atoms with van der Waals surface area (Å²) in [6.07, 6.45) is 1.49. The highest BCUT2D eigenvalue weighted by Crippen LogP contribution is 2.25. The van der Waals surface area contributed by atoms with Crippen LogP contribution in [0.2, 0.25) is 0 Å². The molecule has 0 spiro atoms. The van der Waals surface area contributed by atoms with Gasteiger partial charge in [-0.2, -0.15) is 8.78 Å². The monoisotopic (exact) mass is 362 g/mol. The van der Waals surface area contributed by atoms with Gasteiger partial charge in [0.05, 0.1) is 11.9 Å². The van der Waals surface area contributed by atoms with E-state index >= 15 is 0 Å². The molecule has 26 heavy (non-hydrogen) atoms. The second-order valence-corrected chi connectivity index (χ2v) is 5.75. The van der Waals surface area contributed by atoms with Crippen LogP contribution >= 0.6 is 0 Å². The molecule has 7 heteroatoms. The van der Waals surface area contributed by atoms with Crippen molar-refractivity contribution >= 4 is 17.8 Å². The smallest absolute Gasteiger partial charge is 0.387 e. The summed E-state index contributed by atoms with van der Waals surface area (Å²) in [4.78, 5) is 16.8. The maximum atomic E-state index is 12.3. The Balaban J connectivity index is 1.84. The summed E-state index contributed by atoms with van der Waals surface area (Å²) >= 11 is 0. The largest absolute Gasteiger partial charge is 0.433 e. The Morgan fingerprint density at radius 3 is 2.50 bits per heavy atom. The molecule has 0 aliphatic rings. The summed E-state index contributed by atoms with van der Waals surface area (Å²) < 4.78 is 29.0. The summed E-state index contributed by atoms with van der Waals surface area (Å²) in [6.45, 7) is 0.879. The maximum absolute atomic E-state index is 12.3. The second-order valence-electron chi connectivity index (χ2n) is 5.75. The van der Waals surface area contributed by atoms with E-state index in [1.165, 1.54) is 30.0 Å². The molecule has 0 bridgehead atoms. The van der Waals surface area contributed by atoms with Crippen molar-refractivity contribution in [3.05, 3.63) is 59.7 Å². The summed E-state index contributed by atoms with van der Waals surface area (Å²) in [7, 11) is 0. The third-order valence-electron chi connectivity index (χ3n) is 3.45. The SMILES string of the molecule is CC(C)c1ccc(/C=N\OCC(=O)Nc2ccccc2OC(F)F)cc1. The zero-order chi connectivity index (χ0) is 18.9. The first kappa shape index (κ1) is 19.4. The van der Waals surface area contributed by atoms with Crippen LogP contribution in [0, 0.1) is 0 Å². The van der Waals surface area contributed by atoms with Crippen molar-refractivity contribution < 1.29 is 23.1 Å². The van der Waals surface area contributed by atoms with Gasteiger partial charge in [0.25, 0.3) is 5.91 Å². The normalized spacial score (nSPS) is 11.2. The minimum absolute atomic E-state index is 0.121. The zero-order valence-electron chi connectivity index (χ0n) is 14.5. The number of nitrogens with one attached hydrogen (secondary N) is 1. The number of oxime groups is 1. The van der Waals surface area contributed by atoms with Gasteiger partial charge in [-0.1, -0.05) is 55.4 Å². The van der Waals surface area contributed by atoms with Gasteiger partial charge in [0, 0.05) is 0 Å². The van der Waals surface area contributed by atoms with Gasteiger partial charge in [-0.3, -0.25) is 4.79 Å². The number of amides is 1. The molecule has 0 fully saturated rings. The fraction of sp³-hybridized carbons (Fsp3) is 0.263. The molecule has 0 atom stereocenters. The predicted molar refractivity (Wildman–Crippen MR) is 95.8 cm³/mol. The molecule has 2 rings (SSSR count). The highest BCUT2D eigenvalue weighted by Gasteiger charge is 2.11. The van der Waals surface area contributed by atoms with Crippen LogP contribution in [-0.4, -0.2) is 25.3 Å². The Kier molecular flexibility index (Phi) is 7.08. The highest BCUT2D eigenvalue weighted by atomic mass is 19.3. The molecule has 2 aromatic carbocycles. The molecule has 1 amide bonds. The van der Waals surface area contributed by atoms with Gasteiger partial charge >= 0.3 is 6.61 Å². The van der Waals surface area contributed by atoms with E-state index in [1.807, 2.05) is 24.3 Å². The molecule has 0 aliphatic heterocycles. The van der Waals surface area contributed by atoms with E-state index in [2.05, 4.69) is 29.1 Å². The molecule has 1 N–H and O–H groups in total. The predicted octanol–water partition coefficient (Wildman–Crippen LogP) is 4.40. The number of rotatable bonds is 8. The molecule has 2 aromatic rings. The fourth-order valence-corrected chi connectivity index (χ4v) is 2.12. The second kappa shape index (κ2) is 9.50. The first-order valence-corrected chi connectivity index (χ1v) is 8.04. The number of ether oxygens (including phenoxy) is 1. The van der Waals surface area contributed by atoms with Crippen molar-refractivity contribution in [3.8, 4) is 5.75 Å².